The lowest BCUT2D eigenvalue weighted by molar-refractivity contribution is -0.0671. The molecule has 0 spiro atoms. The molecule has 1 saturated heterocycles. The van der Waals surface area contributed by atoms with E-state index in [0.717, 1.165) is 13.1 Å². The first-order valence-corrected chi connectivity index (χ1v) is 9.47. The third kappa shape index (κ3) is 5.52. The Hall–Kier alpha value is -0.660. The molecule has 1 N–H and O–H groups in total. The van der Waals surface area contributed by atoms with E-state index >= 15 is 0 Å². The largest absolute Gasteiger partial charge is 0.373 e. The summed E-state index contributed by atoms with van der Waals surface area (Å²) in [6, 6.07) is 7.00. The van der Waals surface area contributed by atoms with Crippen LogP contribution in [0.3, 0.4) is 0 Å². The van der Waals surface area contributed by atoms with E-state index in [4.69, 9.17) is 16.3 Å². The third-order valence-corrected chi connectivity index (χ3v) is 5.25. The lowest BCUT2D eigenvalue weighted by Gasteiger charge is -2.35. The van der Waals surface area contributed by atoms with Crippen LogP contribution >= 0.6 is 11.6 Å². The molecule has 1 aromatic carbocycles. The van der Waals surface area contributed by atoms with Crippen molar-refractivity contribution in [3.8, 4) is 0 Å². The average molecular weight is 347 g/mol. The van der Waals surface area contributed by atoms with Gasteiger partial charge >= 0.3 is 0 Å². The van der Waals surface area contributed by atoms with Gasteiger partial charge in [0.05, 0.1) is 18.0 Å². The Morgan fingerprint density at radius 1 is 1.27 bits per heavy atom. The highest BCUT2D eigenvalue weighted by atomic mass is 35.5. The maximum Gasteiger partial charge on any atom is 0.215 e. The van der Waals surface area contributed by atoms with Crippen molar-refractivity contribution >= 4 is 21.6 Å². The lowest BCUT2D eigenvalue weighted by Crippen LogP contribution is -2.47. The number of morpholine rings is 1. The number of ether oxygens (including phenoxy) is 1. The van der Waals surface area contributed by atoms with Gasteiger partial charge in [-0.25, -0.2) is 13.1 Å². The van der Waals surface area contributed by atoms with Gasteiger partial charge in [0.1, 0.15) is 0 Å². The Morgan fingerprint density at radius 2 is 1.91 bits per heavy atom. The molecule has 0 radical (unpaired) electrons. The molecular weight excluding hydrogens is 324 g/mol. The van der Waals surface area contributed by atoms with Gasteiger partial charge in [0.25, 0.3) is 0 Å². The molecule has 0 amide bonds. The molecule has 1 aliphatic heterocycles. The molecule has 2 atom stereocenters. The summed E-state index contributed by atoms with van der Waals surface area (Å²) in [4.78, 5) is 2.22. The van der Waals surface area contributed by atoms with Gasteiger partial charge < -0.3 is 4.74 Å². The normalized spacial score (nSPS) is 23.6. The molecule has 0 unspecified atom stereocenters. The molecule has 124 valence electrons. The van der Waals surface area contributed by atoms with E-state index in [2.05, 4.69) is 9.62 Å². The first kappa shape index (κ1) is 17.7. The fourth-order valence-corrected chi connectivity index (χ4v) is 4.14. The third-order valence-electron chi connectivity index (χ3n) is 3.55. The van der Waals surface area contributed by atoms with Gasteiger partial charge in [-0.1, -0.05) is 29.8 Å². The SMILES string of the molecule is C[C@@H]1CN(CCNS(=O)(=O)Cc2ccccc2Cl)C[C@H](C)O1. The van der Waals surface area contributed by atoms with Crippen molar-refractivity contribution in [1.82, 2.24) is 9.62 Å². The smallest absolute Gasteiger partial charge is 0.215 e. The van der Waals surface area contributed by atoms with Gasteiger partial charge in [0, 0.05) is 31.2 Å². The van der Waals surface area contributed by atoms with Crippen LogP contribution in [0.4, 0.5) is 0 Å². The van der Waals surface area contributed by atoms with Gasteiger partial charge in [0.15, 0.2) is 0 Å². The average Bonchev–Trinajstić information content (AvgIpc) is 2.40. The maximum atomic E-state index is 12.1. The number of nitrogens with one attached hydrogen (secondary N) is 1. The summed E-state index contributed by atoms with van der Waals surface area (Å²) in [5, 5.41) is 0.476. The van der Waals surface area contributed by atoms with Crippen LogP contribution in [0.2, 0.25) is 5.02 Å². The quantitative estimate of drug-likeness (QED) is 0.854. The molecule has 0 aromatic heterocycles. The predicted molar refractivity (Wildman–Crippen MR) is 88.5 cm³/mol. The number of rotatable bonds is 6. The zero-order valence-electron chi connectivity index (χ0n) is 13.0. The van der Waals surface area contributed by atoms with Crippen molar-refractivity contribution in [2.45, 2.75) is 31.8 Å². The number of nitrogens with zero attached hydrogens (tertiary/aromatic N) is 1. The van der Waals surface area contributed by atoms with E-state index in [0.29, 0.717) is 23.7 Å². The maximum absolute atomic E-state index is 12.1. The van der Waals surface area contributed by atoms with Crippen LogP contribution in [0, 0.1) is 0 Å². The van der Waals surface area contributed by atoms with Crippen molar-refractivity contribution < 1.29 is 13.2 Å². The standard InChI is InChI=1S/C15H23ClN2O3S/c1-12-9-18(10-13(2)21-12)8-7-17-22(19,20)11-14-5-3-4-6-15(14)16/h3-6,12-13,17H,7-11H2,1-2H3/t12-,13+. The second-order valence-electron chi connectivity index (χ2n) is 5.76. The minimum absolute atomic E-state index is 0.0947. The molecule has 0 bridgehead atoms. The fraction of sp³-hybridized carbons (Fsp3) is 0.600. The van der Waals surface area contributed by atoms with Crippen LogP contribution < -0.4 is 4.72 Å². The molecule has 1 heterocycles. The minimum Gasteiger partial charge on any atom is -0.373 e. The molecule has 1 aliphatic rings. The highest BCUT2D eigenvalue weighted by Gasteiger charge is 2.22. The first-order chi connectivity index (χ1) is 10.4. The summed E-state index contributed by atoms with van der Waals surface area (Å²) < 4.78 is 32.5. The summed E-state index contributed by atoms with van der Waals surface area (Å²) in [5.74, 6) is -0.0947. The zero-order valence-corrected chi connectivity index (χ0v) is 14.5. The molecule has 1 fully saturated rings. The number of hydrogen-bond donors (Lipinski definition) is 1. The van der Waals surface area contributed by atoms with E-state index < -0.39 is 10.0 Å². The van der Waals surface area contributed by atoms with Crippen LogP contribution in [-0.2, 0) is 20.5 Å². The van der Waals surface area contributed by atoms with Crippen molar-refractivity contribution in [2.75, 3.05) is 26.2 Å². The Balaban J connectivity index is 1.82. The highest BCUT2D eigenvalue weighted by Crippen LogP contribution is 2.17. The molecular formula is C15H23ClN2O3S. The number of halogens is 1. The Kier molecular flexibility index (Phi) is 6.23. The van der Waals surface area contributed by atoms with Crippen LogP contribution in [0.25, 0.3) is 0 Å². The van der Waals surface area contributed by atoms with Crippen molar-refractivity contribution in [3.05, 3.63) is 34.9 Å². The summed E-state index contributed by atoms with van der Waals surface area (Å²) >= 11 is 6.00. The molecule has 2 rings (SSSR count). The van der Waals surface area contributed by atoms with E-state index in [-0.39, 0.29) is 18.0 Å². The van der Waals surface area contributed by atoms with Gasteiger partial charge in [-0.15, -0.1) is 0 Å². The van der Waals surface area contributed by atoms with Crippen molar-refractivity contribution in [2.24, 2.45) is 0 Å². The highest BCUT2D eigenvalue weighted by molar-refractivity contribution is 7.88. The van der Waals surface area contributed by atoms with Crippen molar-refractivity contribution in [3.63, 3.8) is 0 Å². The summed E-state index contributed by atoms with van der Waals surface area (Å²) in [7, 11) is -3.38. The first-order valence-electron chi connectivity index (χ1n) is 7.44. The monoisotopic (exact) mass is 346 g/mol. The number of hydrogen-bond acceptors (Lipinski definition) is 4. The molecule has 5 nitrogen and oxygen atoms in total. The molecule has 22 heavy (non-hydrogen) atoms. The predicted octanol–water partition coefficient (Wildman–Crippen LogP) is 1.87. The zero-order chi connectivity index (χ0) is 16.2. The second kappa shape index (κ2) is 7.75. The Morgan fingerprint density at radius 3 is 2.55 bits per heavy atom. The van der Waals surface area contributed by atoms with Crippen LogP contribution in [-0.4, -0.2) is 51.7 Å². The van der Waals surface area contributed by atoms with Crippen LogP contribution in [0.15, 0.2) is 24.3 Å². The van der Waals surface area contributed by atoms with Gasteiger partial charge in [-0.3, -0.25) is 4.90 Å². The number of benzene rings is 1. The van der Waals surface area contributed by atoms with E-state index in [1.54, 1.807) is 24.3 Å². The number of sulfonamides is 1. The van der Waals surface area contributed by atoms with Gasteiger partial charge in [-0.05, 0) is 25.5 Å². The molecule has 1 aromatic rings. The second-order valence-corrected chi connectivity index (χ2v) is 7.98. The lowest BCUT2D eigenvalue weighted by atomic mass is 10.2. The van der Waals surface area contributed by atoms with Gasteiger partial charge in [0.2, 0.25) is 10.0 Å². The Bertz CT molecular complexity index is 584. The summed E-state index contributed by atoms with van der Waals surface area (Å²) in [6.07, 6.45) is 0.368. The van der Waals surface area contributed by atoms with Gasteiger partial charge in [-0.2, -0.15) is 0 Å². The van der Waals surface area contributed by atoms with Crippen LogP contribution in [0.1, 0.15) is 19.4 Å². The van der Waals surface area contributed by atoms with Crippen molar-refractivity contribution in [1.29, 1.82) is 0 Å². The van der Waals surface area contributed by atoms with Crippen LogP contribution in [0.5, 0.6) is 0 Å². The summed E-state index contributed by atoms with van der Waals surface area (Å²) in [5.41, 5.74) is 0.616. The molecule has 7 heteroatoms. The molecule has 0 saturated carbocycles. The van der Waals surface area contributed by atoms with E-state index in [9.17, 15) is 8.42 Å². The van der Waals surface area contributed by atoms with E-state index in [1.165, 1.54) is 0 Å². The fourth-order valence-electron chi connectivity index (χ4n) is 2.70. The minimum atomic E-state index is -3.38. The Labute approximate surface area is 137 Å². The molecule has 0 aliphatic carbocycles. The van der Waals surface area contributed by atoms with E-state index in [1.807, 2.05) is 13.8 Å². The topological polar surface area (TPSA) is 58.6 Å². The summed E-state index contributed by atoms with van der Waals surface area (Å²) in [6.45, 7) is 6.80.